The number of rotatable bonds is 4. The van der Waals surface area contributed by atoms with Crippen LogP contribution in [0.5, 0.6) is 0 Å². The van der Waals surface area contributed by atoms with E-state index in [-0.39, 0.29) is 0 Å². The molecule has 0 unspecified atom stereocenters. The molecular weight excluding hydrogens is 687 g/mol. The highest BCUT2D eigenvalue weighted by atomic mass is 28.3. The summed E-state index contributed by atoms with van der Waals surface area (Å²) in [5, 5.41) is 11.0. The Labute approximate surface area is 318 Å². The third-order valence-corrected chi connectivity index (χ3v) is 19.6. The second-order valence-electron chi connectivity index (χ2n) is 16.2. The first-order valence-electron chi connectivity index (χ1n) is 19.0. The molecule has 3 heterocycles. The Morgan fingerprint density at radius 3 is 1.81 bits per heavy atom. The third-order valence-electron chi connectivity index (χ3n) is 12.5. The van der Waals surface area contributed by atoms with Crippen LogP contribution in [0.25, 0.3) is 66.1 Å². The maximum absolute atomic E-state index is 6.44. The molecular formula is C50H39NOSi2. The van der Waals surface area contributed by atoms with Gasteiger partial charge in [-0.15, -0.1) is 0 Å². The summed E-state index contributed by atoms with van der Waals surface area (Å²) in [4.78, 5) is 2.47. The predicted molar refractivity (Wildman–Crippen MR) is 236 cm³/mol. The van der Waals surface area contributed by atoms with Crippen LogP contribution < -0.4 is 25.6 Å². The third kappa shape index (κ3) is 4.44. The molecule has 2 nitrogen and oxygen atoms in total. The van der Waals surface area contributed by atoms with Gasteiger partial charge in [0.05, 0.1) is 0 Å². The topological polar surface area (TPSA) is 16.4 Å². The summed E-state index contributed by atoms with van der Waals surface area (Å²) >= 11 is 0. The molecule has 0 saturated carbocycles. The molecule has 8 aromatic carbocycles. The van der Waals surface area contributed by atoms with Gasteiger partial charge < -0.3 is 9.32 Å². The molecule has 9 aromatic rings. The van der Waals surface area contributed by atoms with Crippen molar-refractivity contribution in [3.05, 3.63) is 164 Å². The van der Waals surface area contributed by atoms with E-state index in [1.807, 2.05) is 0 Å². The van der Waals surface area contributed by atoms with Crippen LogP contribution in [-0.4, -0.2) is 16.1 Å². The Bertz CT molecular complexity index is 3010. The Kier molecular flexibility index (Phi) is 6.60. The van der Waals surface area contributed by atoms with Crippen molar-refractivity contribution in [1.29, 1.82) is 0 Å². The number of para-hydroxylation sites is 1. The smallest absolute Gasteiger partial charge is 0.136 e. The van der Waals surface area contributed by atoms with E-state index in [2.05, 4.69) is 195 Å². The van der Waals surface area contributed by atoms with Crippen LogP contribution in [0.1, 0.15) is 0 Å². The minimum atomic E-state index is -1.97. The number of nitrogens with zero attached hydrogens (tertiary/aromatic N) is 1. The molecule has 4 heteroatoms. The second-order valence-corrected chi connectivity index (χ2v) is 24.8. The van der Waals surface area contributed by atoms with E-state index in [4.69, 9.17) is 4.42 Å². The van der Waals surface area contributed by atoms with Crippen LogP contribution in [-0.2, 0) is 0 Å². The lowest BCUT2D eigenvalue weighted by Crippen LogP contribution is -2.49. The van der Waals surface area contributed by atoms with Crippen LogP contribution >= 0.6 is 0 Å². The Morgan fingerprint density at radius 1 is 0.407 bits per heavy atom. The fourth-order valence-corrected chi connectivity index (χ4v) is 15.8. The minimum absolute atomic E-state index is 0.947. The molecule has 0 radical (unpaired) electrons. The number of hydrogen-bond acceptors (Lipinski definition) is 2. The Balaban J connectivity index is 1.11. The highest BCUT2D eigenvalue weighted by Crippen LogP contribution is 2.44. The van der Waals surface area contributed by atoms with Crippen molar-refractivity contribution in [2.24, 2.45) is 0 Å². The molecule has 258 valence electrons. The highest BCUT2D eigenvalue weighted by Gasteiger charge is 2.40. The van der Waals surface area contributed by atoms with Crippen molar-refractivity contribution >= 4 is 86.7 Å². The number of furan rings is 1. The zero-order valence-electron chi connectivity index (χ0n) is 30.9. The Morgan fingerprint density at radius 2 is 1.00 bits per heavy atom. The molecule has 2 aliphatic heterocycles. The van der Waals surface area contributed by atoms with Crippen LogP contribution in [0.2, 0.25) is 26.2 Å². The fourth-order valence-electron chi connectivity index (χ4n) is 9.65. The van der Waals surface area contributed by atoms with Crippen molar-refractivity contribution < 1.29 is 4.42 Å². The fraction of sp³-hybridized carbons (Fsp3) is 0.0800. The van der Waals surface area contributed by atoms with Crippen molar-refractivity contribution in [3.8, 4) is 33.4 Å². The zero-order valence-corrected chi connectivity index (χ0v) is 32.9. The monoisotopic (exact) mass is 725 g/mol. The van der Waals surface area contributed by atoms with Gasteiger partial charge in [0.25, 0.3) is 0 Å². The van der Waals surface area contributed by atoms with Crippen molar-refractivity contribution in [1.82, 2.24) is 0 Å². The number of hydrogen-bond donors (Lipinski definition) is 0. The van der Waals surface area contributed by atoms with E-state index in [0.717, 1.165) is 22.5 Å². The first kappa shape index (κ1) is 31.6. The molecule has 0 fully saturated rings. The van der Waals surface area contributed by atoms with Gasteiger partial charge in [-0.3, -0.25) is 0 Å². The van der Waals surface area contributed by atoms with Gasteiger partial charge in [-0.25, -0.2) is 0 Å². The van der Waals surface area contributed by atoms with Gasteiger partial charge in [-0.2, -0.15) is 0 Å². The van der Waals surface area contributed by atoms with E-state index in [1.165, 1.54) is 81.4 Å². The van der Waals surface area contributed by atoms with Gasteiger partial charge in [-0.1, -0.05) is 135 Å². The van der Waals surface area contributed by atoms with E-state index in [9.17, 15) is 0 Å². The van der Waals surface area contributed by atoms with Crippen LogP contribution in [0.15, 0.2) is 168 Å². The average molecular weight is 726 g/mol. The summed E-state index contributed by atoms with van der Waals surface area (Å²) < 4.78 is 6.44. The SMILES string of the molecule is C[Si]1(C)c2ccccc2-c2cc(N(c3ccc(-c4ccc5ccccc5c4)cc3)c3ccc4c(c3)-c3c(ccc5oc6ccccc6c35)[Si]4(C)C)ccc21. The highest BCUT2D eigenvalue weighted by molar-refractivity contribution is 7.04. The van der Waals surface area contributed by atoms with E-state index < -0.39 is 16.1 Å². The lowest BCUT2D eigenvalue weighted by Gasteiger charge is -2.28. The Hall–Kier alpha value is -5.95. The van der Waals surface area contributed by atoms with Crippen molar-refractivity contribution in [2.75, 3.05) is 4.90 Å². The number of fused-ring (bicyclic) bond motifs is 11. The van der Waals surface area contributed by atoms with Crippen LogP contribution in [0.4, 0.5) is 17.1 Å². The normalized spacial score (nSPS) is 14.6. The molecule has 0 bridgehead atoms. The zero-order chi connectivity index (χ0) is 36.3. The number of benzene rings is 8. The largest absolute Gasteiger partial charge is 0.456 e. The predicted octanol–water partition coefficient (Wildman–Crippen LogP) is 11.5. The van der Waals surface area contributed by atoms with Crippen molar-refractivity contribution in [2.45, 2.75) is 26.2 Å². The van der Waals surface area contributed by atoms with Gasteiger partial charge >= 0.3 is 0 Å². The summed E-state index contributed by atoms with van der Waals surface area (Å²) in [6.45, 7) is 9.98. The summed E-state index contributed by atoms with van der Waals surface area (Å²) in [6, 6.07) is 61.1. The standard InChI is InChI=1S/C50H39NOSi2/c1-53(2)45-16-10-8-13-39(45)41-30-37(23-26-46(41)53)51(36-21-19-33(20-22-36)35-18-17-32-11-5-6-12-34(32)29-35)38-24-27-47-42(31-38)50-48(54(47,3)4)28-25-44-49(50)40-14-7-9-15-43(40)52-44/h5-31H,1-4H3. The second kappa shape index (κ2) is 11.3. The molecule has 2 aliphatic rings. The molecule has 0 saturated heterocycles. The lowest BCUT2D eigenvalue weighted by molar-refractivity contribution is 0.669. The quantitative estimate of drug-likeness (QED) is 0.168. The van der Waals surface area contributed by atoms with Gasteiger partial charge in [0, 0.05) is 27.8 Å². The van der Waals surface area contributed by atoms with Gasteiger partial charge in [0.15, 0.2) is 0 Å². The summed E-state index contributed by atoms with van der Waals surface area (Å²) in [5.74, 6) is 0. The molecule has 0 atom stereocenters. The van der Waals surface area contributed by atoms with Gasteiger partial charge in [0.2, 0.25) is 0 Å². The van der Waals surface area contributed by atoms with Crippen LogP contribution in [0.3, 0.4) is 0 Å². The first-order valence-corrected chi connectivity index (χ1v) is 25.0. The molecule has 0 N–H and O–H groups in total. The average Bonchev–Trinajstić information content (AvgIpc) is 3.77. The van der Waals surface area contributed by atoms with Crippen LogP contribution in [0, 0.1) is 0 Å². The van der Waals surface area contributed by atoms with E-state index >= 15 is 0 Å². The summed E-state index contributed by atoms with van der Waals surface area (Å²) in [5.41, 5.74) is 13.3. The maximum atomic E-state index is 6.44. The van der Waals surface area contributed by atoms with Gasteiger partial charge in [0.1, 0.15) is 27.3 Å². The molecule has 0 aliphatic carbocycles. The first-order chi connectivity index (χ1) is 26.3. The van der Waals surface area contributed by atoms with Gasteiger partial charge in [-0.05, 0) is 119 Å². The molecule has 0 amide bonds. The summed E-state index contributed by atoms with van der Waals surface area (Å²) in [7, 11) is -3.76. The molecule has 0 spiro atoms. The number of anilines is 3. The lowest BCUT2D eigenvalue weighted by atomic mass is 9.98. The molecule has 1 aromatic heterocycles. The summed E-state index contributed by atoms with van der Waals surface area (Å²) in [6.07, 6.45) is 0. The van der Waals surface area contributed by atoms with E-state index in [1.54, 1.807) is 0 Å². The van der Waals surface area contributed by atoms with E-state index in [0.29, 0.717) is 0 Å². The molecule has 54 heavy (non-hydrogen) atoms. The molecule has 11 rings (SSSR count). The van der Waals surface area contributed by atoms with Crippen molar-refractivity contribution in [3.63, 3.8) is 0 Å². The minimum Gasteiger partial charge on any atom is -0.456 e. The maximum Gasteiger partial charge on any atom is 0.136 e.